The van der Waals surface area contributed by atoms with Gasteiger partial charge in [-0.2, -0.15) is 0 Å². The summed E-state index contributed by atoms with van der Waals surface area (Å²) in [6.07, 6.45) is 71.1. The van der Waals surface area contributed by atoms with Crippen LogP contribution in [0.5, 0.6) is 0 Å². The highest BCUT2D eigenvalue weighted by Gasteiger charge is 2.27. The van der Waals surface area contributed by atoms with E-state index in [-0.39, 0.29) is 34.6 Å². The van der Waals surface area contributed by atoms with Gasteiger partial charge in [-0.3, -0.25) is 9.59 Å². The first-order chi connectivity index (χ1) is 34.9. The Morgan fingerprint density at radius 2 is 0.394 bits per heavy atom. The minimum atomic E-state index is -0.384. The first-order valence-electron chi connectivity index (χ1n) is 33.0. The molecule has 0 aromatic rings. The van der Waals surface area contributed by atoms with Crippen molar-refractivity contribution < 1.29 is 19.1 Å². The van der Waals surface area contributed by atoms with Crippen molar-refractivity contribution in [3.05, 3.63) is 0 Å². The molecule has 5 heteroatoms. The number of rotatable bonds is 60. The van der Waals surface area contributed by atoms with Crippen LogP contribution in [0.15, 0.2) is 0 Å². The lowest BCUT2D eigenvalue weighted by Crippen LogP contribution is -2.29. The van der Waals surface area contributed by atoms with Crippen LogP contribution in [0.2, 0.25) is 0 Å². The fourth-order valence-electron chi connectivity index (χ4n) is 10.7. The van der Waals surface area contributed by atoms with Crippen LogP contribution < -0.4 is 0 Å². The second-order valence-electron chi connectivity index (χ2n) is 23.0. The number of carbonyl (C=O) groups excluding carboxylic acids is 2. The molecule has 0 fully saturated rings. The Hall–Kier alpha value is -0.710. The van der Waals surface area contributed by atoms with Crippen LogP contribution in [0.4, 0.5) is 0 Å². The number of ether oxygens (including phenoxy) is 2. The number of unbranched alkanes of at least 4 members (excludes halogenated alkanes) is 46. The van der Waals surface area contributed by atoms with Crippen molar-refractivity contribution in [3.63, 3.8) is 0 Å². The normalized spacial score (nSPS) is 13.4. The highest BCUT2D eigenvalue weighted by Crippen LogP contribution is 2.26. The van der Waals surface area contributed by atoms with E-state index in [0.717, 1.165) is 51.4 Å². The van der Waals surface area contributed by atoms with Gasteiger partial charge >= 0.3 is 11.9 Å². The van der Waals surface area contributed by atoms with Crippen molar-refractivity contribution in [2.45, 2.75) is 411 Å². The van der Waals surface area contributed by atoms with Crippen molar-refractivity contribution in [2.75, 3.05) is 0 Å². The van der Waals surface area contributed by atoms with E-state index in [9.17, 15) is 9.59 Å². The second-order valence-corrected chi connectivity index (χ2v) is 24.6. The topological polar surface area (TPSA) is 52.6 Å². The van der Waals surface area contributed by atoms with Crippen LogP contribution in [0.25, 0.3) is 0 Å². The maximum atomic E-state index is 13.7. The highest BCUT2D eigenvalue weighted by atomic mass is 32.2. The summed E-state index contributed by atoms with van der Waals surface area (Å²) in [5.74, 6) is -0.292. The standard InChI is InChI=1S/C66H130O4S/c1-7-11-15-19-23-27-31-33-35-37-39-43-47-51-55-59-63(57-53-49-45-41-29-25-21-17-13-9-3)69-65(67)61(5)71-62(6)66(68)70-64(58-54-50-46-42-30-26-22-18-14-10-4)60-56-52-48-44-40-38-36-34-32-28-24-20-16-12-8-2/h61-64H,7-60H2,1-6H3. The van der Waals surface area contributed by atoms with E-state index in [2.05, 4.69) is 27.7 Å². The lowest BCUT2D eigenvalue weighted by atomic mass is 10.0. The summed E-state index contributed by atoms with van der Waals surface area (Å²) in [4.78, 5) is 27.3. The first-order valence-corrected chi connectivity index (χ1v) is 33.9. The molecule has 0 bridgehead atoms. The van der Waals surface area contributed by atoms with Crippen LogP contribution in [-0.4, -0.2) is 34.6 Å². The molecule has 0 radical (unpaired) electrons. The predicted molar refractivity (Wildman–Crippen MR) is 318 cm³/mol. The lowest BCUT2D eigenvalue weighted by Gasteiger charge is -2.23. The molecule has 0 saturated carbocycles. The lowest BCUT2D eigenvalue weighted by molar-refractivity contribution is -0.148. The number of esters is 2. The van der Waals surface area contributed by atoms with Gasteiger partial charge in [0.25, 0.3) is 0 Å². The molecule has 0 rings (SSSR count). The van der Waals surface area contributed by atoms with Crippen LogP contribution >= 0.6 is 11.8 Å². The van der Waals surface area contributed by atoms with Gasteiger partial charge in [-0.1, -0.05) is 323 Å². The SMILES string of the molecule is CCCCCCCCCCCCCCCCCC(CCCCCCCCCCCC)OC(=O)C(C)SC(C)C(=O)OC(CCCCCCCCCCCC)CCCCCCCCCCCCCCCCC. The van der Waals surface area contributed by atoms with E-state index in [4.69, 9.17) is 9.47 Å². The minimum Gasteiger partial charge on any atom is -0.462 e. The second kappa shape index (κ2) is 58.5. The molecule has 0 heterocycles. The molecular weight excluding hydrogens is 889 g/mol. The summed E-state index contributed by atoms with van der Waals surface area (Å²) in [6.45, 7) is 13.1. The number of thioether (sulfide) groups is 1. The maximum Gasteiger partial charge on any atom is 0.319 e. The van der Waals surface area contributed by atoms with Crippen LogP contribution in [0, 0.1) is 0 Å². The van der Waals surface area contributed by atoms with E-state index in [1.54, 1.807) is 0 Å². The number of hydrogen-bond donors (Lipinski definition) is 0. The van der Waals surface area contributed by atoms with Crippen molar-refractivity contribution in [1.82, 2.24) is 0 Å². The molecule has 0 spiro atoms. The Bertz CT molecular complexity index is 969. The zero-order valence-electron chi connectivity index (χ0n) is 49.5. The summed E-state index contributed by atoms with van der Waals surface area (Å²) in [7, 11) is 0. The third kappa shape index (κ3) is 52.5. The van der Waals surface area contributed by atoms with Gasteiger partial charge in [-0.25, -0.2) is 0 Å². The summed E-state index contributed by atoms with van der Waals surface area (Å²) in [5, 5.41) is -0.769. The van der Waals surface area contributed by atoms with Gasteiger partial charge in [-0.15, -0.1) is 11.8 Å². The zero-order valence-corrected chi connectivity index (χ0v) is 50.4. The van der Waals surface area contributed by atoms with Crippen LogP contribution in [-0.2, 0) is 19.1 Å². The minimum absolute atomic E-state index is 0.0100. The molecule has 4 unspecified atom stereocenters. The summed E-state index contributed by atoms with van der Waals surface area (Å²) in [6, 6.07) is 0. The summed E-state index contributed by atoms with van der Waals surface area (Å²) in [5.41, 5.74) is 0. The molecule has 0 aromatic carbocycles. The van der Waals surface area contributed by atoms with Crippen molar-refractivity contribution in [1.29, 1.82) is 0 Å². The molecule has 0 N–H and O–H groups in total. The molecule has 0 saturated heterocycles. The zero-order chi connectivity index (χ0) is 51.8. The van der Waals surface area contributed by atoms with Crippen LogP contribution in [0.3, 0.4) is 0 Å². The Balaban J connectivity index is 4.94. The van der Waals surface area contributed by atoms with Gasteiger partial charge in [0.1, 0.15) is 22.7 Å². The third-order valence-electron chi connectivity index (χ3n) is 15.7. The molecule has 424 valence electrons. The smallest absolute Gasteiger partial charge is 0.319 e. The summed E-state index contributed by atoms with van der Waals surface area (Å²) < 4.78 is 12.6. The predicted octanol–water partition coefficient (Wildman–Crippen LogP) is 23.5. The van der Waals surface area contributed by atoms with E-state index in [1.165, 1.54) is 307 Å². The van der Waals surface area contributed by atoms with Gasteiger partial charge in [-0.05, 0) is 65.2 Å². The molecule has 4 atom stereocenters. The van der Waals surface area contributed by atoms with Crippen molar-refractivity contribution >= 4 is 23.7 Å². The van der Waals surface area contributed by atoms with Crippen molar-refractivity contribution in [2.24, 2.45) is 0 Å². The fourth-order valence-corrected chi connectivity index (χ4v) is 11.6. The molecular formula is C66H130O4S. The first kappa shape index (κ1) is 70.3. The molecule has 0 amide bonds. The van der Waals surface area contributed by atoms with Gasteiger partial charge in [0, 0.05) is 0 Å². The molecule has 4 nitrogen and oxygen atoms in total. The van der Waals surface area contributed by atoms with Crippen molar-refractivity contribution in [3.8, 4) is 0 Å². The van der Waals surface area contributed by atoms with Gasteiger partial charge in [0.2, 0.25) is 0 Å². The number of carbonyl (C=O) groups is 2. The molecule has 0 aliphatic rings. The molecule has 0 aliphatic heterocycles. The monoisotopic (exact) mass is 1020 g/mol. The average Bonchev–Trinajstić information content (AvgIpc) is 3.36. The van der Waals surface area contributed by atoms with Crippen LogP contribution in [0.1, 0.15) is 388 Å². The molecule has 0 aliphatic carbocycles. The van der Waals surface area contributed by atoms with E-state index in [1.807, 2.05) is 13.8 Å². The Kier molecular flexibility index (Phi) is 58.0. The molecule has 71 heavy (non-hydrogen) atoms. The Labute approximate surface area is 451 Å². The highest BCUT2D eigenvalue weighted by molar-refractivity contribution is 8.01. The Morgan fingerprint density at radius 1 is 0.254 bits per heavy atom. The summed E-state index contributed by atoms with van der Waals surface area (Å²) >= 11 is 1.44. The van der Waals surface area contributed by atoms with Gasteiger partial charge < -0.3 is 9.47 Å². The van der Waals surface area contributed by atoms with Gasteiger partial charge in [0.15, 0.2) is 0 Å². The largest absolute Gasteiger partial charge is 0.462 e. The molecule has 0 aromatic heterocycles. The van der Waals surface area contributed by atoms with E-state index in [0.29, 0.717) is 0 Å². The van der Waals surface area contributed by atoms with Gasteiger partial charge in [0.05, 0.1) is 0 Å². The third-order valence-corrected chi connectivity index (χ3v) is 16.9. The average molecular weight is 1020 g/mol. The fraction of sp³-hybridized carbons (Fsp3) is 0.970. The Morgan fingerprint density at radius 3 is 0.549 bits per heavy atom. The van der Waals surface area contributed by atoms with E-state index < -0.39 is 0 Å². The quantitative estimate of drug-likeness (QED) is 0.0449. The maximum absolute atomic E-state index is 13.7. The van der Waals surface area contributed by atoms with E-state index >= 15 is 0 Å². The number of hydrogen-bond acceptors (Lipinski definition) is 5.